The molecular weight excluding hydrogens is 298 g/mol. The van der Waals surface area contributed by atoms with Gasteiger partial charge in [-0.05, 0) is 37.3 Å². The van der Waals surface area contributed by atoms with Crippen LogP contribution < -0.4 is 5.32 Å². The van der Waals surface area contributed by atoms with Gasteiger partial charge in [0.25, 0.3) is 0 Å². The number of rotatable bonds is 7. The second kappa shape index (κ2) is 7.51. The second-order valence-electron chi connectivity index (χ2n) is 5.56. The summed E-state index contributed by atoms with van der Waals surface area (Å²) in [7, 11) is 0. The fourth-order valence-electron chi connectivity index (χ4n) is 2.87. The number of hydrogen-bond acceptors (Lipinski definition) is 5. The number of carbonyl (C=O) groups is 1. The first-order valence-electron chi connectivity index (χ1n) is 7.67. The standard InChI is InChI=1S/C15H21N5OS/c21-15(17-6-5-14-4-2-8-22-14)10-19-7-1-3-13(19)9-20-12-16-11-18-20/h2,4,8,11-13H,1,3,5-7,9-10H2,(H,17,21)/t13-/m1/s1. The Morgan fingerprint density at radius 3 is 3.23 bits per heavy atom. The van der Waals surface area contributed by atoms with Gasteiger partial charge in [0.1, 0.15) is 12.7 Å². The Morgan fingerprint density at radius 2 is 2.45 bits per heavy atom. The van der Waals surface area contributed by atoms with Gasteiger partial charge in [-0.15, -0.1) is 11.3 Å². The van der Waals surface area contributed by atoms with Gasteiger partial charge in [0, 0.05) is 17.5 Å². The molecule has 0 bridgehead atoms. The first kappa shape index (κ1) is 15.2. The highest BCUT2D eigenvalue weighted by atomic mass is 32.1. The van der Waals surface area contributed by atoms with Gasteiger partial charge in [-0.2, -0.15) is 5.10 Å². The average Bonchev–Trinajstić information content (AvgIpc) is 3.23. The quantitative estimate of drug-likeness (QED) is 0.832. The highest BCUT2D eigenvalue weighted by molar-refractivity contribution is 7.09. The molecule has 6 nitrogen and oxygen atoms in total. The topological polar surface area (TPSA) is 63.1 Å². The molecule has 1 N–H and O–H groups in total. The van der Waals surface area contributed by atoms with Crippen LogP contribution >= 0.6 is 11.3 Å². The van der Waals surface area contributed by atoms with Crippen molar-refractivity contribution in [2.75, 3.05) is 19.6 Å². The lowest BCUT2D eigenvalue weighted by atomic mass is 10.2. The van der Waals surface area contributed by atoms with Gasteiger partial charge in [-0.3, -0.25) is 14.4 Å². The molecule has 0 saturated carbocycles. The molecule has 0 aromatic carbocycles. The molecule has 22 heavy (non-hydrogen) atoms. The van der Waals surface area contributed by atoms with Crippen molar-refractivity contribution in [1.29, 1.82) is 0 Å². The number of thiophene rings is 1. The fourth-order valence-corrected chi connectivity index (χ4v) is 3.58. The van der Waals surface area contributed by atoms with Gasteiger partial charge >= 0.3 is 0 Å². The summed E-state index contributed by atoms with van der Waals surface area (Å²) in [4.78, 5) is 19.6. The molecule has 0 unspecified atom stereocenters. The van der Waals surface area contributed by atoms with E-state index in [0.29, 0.717) is 19.1 Å². The molecule has 0 radical (unpaired) electrons. The van der Waals surface area contributed by atoms with Crippen LogP contribution in [0.25, 0.3) is 0 Å². The third-order valence-corrected chi connectivity index (χ3v) is 4.92. The lowest BCUT2D eigenvalue weighted by Crippen LogP contribution is -2.41. The molecule has 118 valence electrons. The number of hydrogen-bond donors (Lipinski definition) is 1. The number of likely N-dealkylation sites (tertiary alicyclic amines) is 1. The zero-order valence-corrected chi connectivity index (χ0v) is 13.3. The third-order valence-electron chi connectivity index (χ3n) is 3.98. The van der Waals surface area contributed by atoms with Crippen molar-refractivity contribution in [2.45, 2.75) is 31.8 Å². The molecule has 1 saturated heterocycles. The highest BCUT2D eigenvalue weighted by Crippen LogP contribution is 2.18. The predicted octanol–water partition coefficient (Wildman–Crippen LogP) is 1.16. The lowest BCUT2D eigenvalue weighted by molar-refractivity contribution is -0.122. The molecule has 1 aliphatic rings. The molecule has 1 aliphatic heterocycles. The van der Waals surface area contributed by atoms with Crippen LogP contribution in [0.3, 0.4) is 0 Å². The van der Waals surface area contributed by atoms with Crippen molar-refractivity contribution in [2.24, 2.45) is 0 Å². The summed E-state index contributed by atoms with van der Waals surface area (Å²) < 4.78 is 1.84. The van der Waals surface area contributed by atoms with Crippen molar-refractivity contribution < 1.29 is 4.79 Å². The van der Waals surface area contributed by atoms with E-state index >= 15 is 0 Å². The summed E-state index contributed by atoms with van der Waals surface area (Å²) in [5.41, 5.74) is 0. The van der Waals surface area contributed by atoms with Crippen molar-refractivity contribution >= 4 is 17.2 Å². The maximum absolute atomic E-state index is 12.1. The molecule has 1 amide bonds. The largest absolute Gasteiger partial charge is 0.355 e. The van der Waals surface area contributed by atoms with E-state index in [-0.39, 0.29) is 5.91 Å². The zero-order chi connectivity index (χ0) is 15.2. The number of aromatic nitrogens is 3. The van der Waals surface area contributed by atoms with E-state index in [0.717, 1.165) is 32.4 Å². The SMILES string of the molecule is O=C(CN1CCC[C@@H]1Cn1cncn1)NCCc1cccs1. The van der Waals surface area contributed by atoms with Crippen LogP contribution in [-0.4, -0.2) is 51.2 Å². The lowest BCUT2D eigenvalue weighted by Gasteiger charge is -2.23. The number of nitrogens with one attached hydrogen (secondary N) is 1. The van der Waals surface area contributed by atoms with E-state index < -0.39 is 0 Å². The Morgan fingerprint density at radius 1 is 1.50 bits per heavy atom. The predicted molar refractivity (Wildman–Crippen MR) is 85.6 cm³/mol. The van der Waals surface area contributed by atoms with Crippen LogP contribution in [0.1, 0.15) is 17.7 Å². The van der Waals surface area contributed by atoms with E-state index in [9.17, 15) is 4.79 Å². The number of nitrogens with zero attached hydrogens (tertiary/aromatic N) is 4. The average molecular weight is 319 g/mol. The van der Waals surface area contributed by atoms with E-state index in [2.05, 4.69) is 31.7 Å². The zero-order valence-electron chi connectivity index (χ0n) is 12.5. The third kappa shape index (κ3) is 4.14. The van der Waals surface area contributed by atoms with Crippen molar-refractivity contribution in [1.82, 2.24) is 25.0 Å². The fraction of sp³-hybridized carbons (Fsp3) is 0.533. The van der Waals surface area contributed by atoms with Gasteiger partial charge in [0.05, 0.1) is 13.1 Å². The van der Waals surface area contributed by atoms with Crippen molar-refractivity contribution in [3.05, 3.63) is 35.0 Å². The minimum Gasteiger partial charge on any atom is -0.355 e. The molecule has 2 aromatic rings. The molecule has 0 spiro atoms. The number of carbonyl (C=O) groups excluding carboxylic acids is 1. The molecular formula is C15H21N5OS. The van der Waals surface area contributed by atoms with Crippen LogP contribution in [0.2, 0.25) is 0 Å². The van der Waals surface area contributed by atoms with E-state index in [1.54, 1.807) is 24.0 Å². The Hall–Kier alpha value is -1.73. The summed E-state index contributed by atoms with van der Waals surface area (Å²) in [6.45, 7) is 2.98. The summed E-state index contributed by atoms with van der Waals surface area (Å²) in [5, 5.41) is 9.24. The first-order chi connectivity index (χ1) is 10.8. The smallest absolute Gasteiger partial charge is 0.234 e. The second-order valence-corrected chi connectivity index (χ2v) is 6.60. The molecule has 0 aliphatic carbocycles. The summed E-state index contributed by atoms with van der Waals surface area (Å²) in [6, 6.07) is 4.52. The molecule has 3 heterocycles. The van der Waals surface area contributed by atoms with Crippen LogP contribution in [0.15, 0.2) is 30.2 Å². The van der Waals surface area contributed by atoms with Crippen molar-refractivity contribution in [3.8, 4) is 0 Å². The van der Waals surface area contributed by atoms with Gasteiger partial charge in [-0.25, -0.2) is 4.98 Å². The Balaban J connectivity index is 1.41. The molecule has 1 atom stereocenters. The summed E-state index contributed by atoms with van der Waals surface area (Å²) in [6.07, 6.45) is 6.45. The summed E-state index contributed by atoms with van der Waals surface area (Å²) in [5.74, 6) is 0.113. The minimum atomic E-state index is 0.113. The van der Waals surface area contributed by atoms with E-state index in [1.165, 1.54) is 4.88 Å². The van der Waals surface area contributed by atoms with Gasteiger partial charge in [0.2, 0.25) is 5.91 Å². The van der Waals surface area contributed by atoms with Gasteiger partial charge in [0.15, 0.2) is 0 Å². The monoisotopic (exact) mass is 319 g/mol. The first-order valence-corrected chi connectivity index (χ1v) is 8.55. The maximum atomic E-state index is 12.1. The normalized spacial score (nSPS) is 18.6. The Kier molecular flexibility index (Phi) is 5.18. The molecule has 7 heteroatoms. The van der Waals surface area contributed by atoms with Crippen molar-refractivity contribution in [3.63, 3.8) is 0 Å². The summed E-state index contributed by atoms with van der Waals surface area (Å²) >= 11 is 1.73. The van der Waals surface area contributed by atoms with Gasteiger partial charge < -0.3 is 5.32 Å². The van der Waals surface area contributed by atoms with E-state index in [4.69, 9.17) is 0 Å². The molecule has 3 rings (SSSR count). The molecule has 1 fully saturated rings. The maximum Gasteiger partial charge on any atom is 0.234 e. The van der Waals surface area contributed by atoms with Crippen LogP contribution in [0, 0.1) is 0 Å². The van der Waals surface area contributed by atoms with Crippen LogP contribution in [0.4, 0.5) is 0 Å². The van der Waals surface area contributed by atoms with Crippen LogP contribution in [-0.2, 0) is 17.8 Å². The minimum absolute atomic E-state index is 0.113. The Bertz CT molecular complexity index is 569. The highest BCUT2D eigenvalue weighted by Gasteiger charge is 2.26. The van der Waals surface area contributed by atoms with E-state index in [1.807, 2.05) is 10.7 Å². The molecule has 2 aromatic heterocycles. The van der Waals surface area contributed by atoms with Crippen LogP contribution in [0.5, 0.6) is 0 Å². The Labute approximate surface area is 134 Å². The van der Waals surface area contributed by atoms with Gasteiger partial charge in [-0.1, -0.05) is 6.07 Å². The number of amides is 1.